The van der Waals surface area contributed by atoms with E-state index >= 15 is 0 Å². The minimum atomic E-state index is 0.0127. The molecule has 3 rings (SSSR count). The van der Waals surface area contributed by atoms with E-state index in [2.05, 4.69) is 10.1 Å². The predicted octanol–water partition coefficient (Wildman–Crippen LogP) is 3.65. The van der Waals surface area contributed by atoms with Gasteiger partial charge in [-0.1, -0.05) is 22.8 Å². The van der Waals surface area contributed by atoms with Crippen LogP contribution in [0.4, 0.5) is 0 Å². The Morgan fingerprint density at radius 1 is 1.30 bits per heavy atom. The summed E-state index contributed by atoms with van der Waals surface area (Å²) in [6.45, 7) is 0.283. The van der Waals surface area contributed by atoms with Crippen LogP contribution in [0.15, 0.2) is 46.3 Å². The van der Waals surface area contributed by atoms with Gasteiger partial charge in [-0.25, -0.2) is 0 Å². The summed E-state index contributed by atoms with van der Waals surface area (Å²) in [6.07, 6.45) is 0.381. The van der Waals surface area contributed by atoms with Crippen molar-refractivity contribution in [3.8, 4) is 11.4 Å². The maximum Gasteiger partial charge on any atom is 0.246 e. The lowest BCUT2D eigenvalue weighted by Gasteiger charge is -2.13. The molecule has 0 aliphatic heterocycles. The first-order chi connectivity index (χ1) is 11.1. The molecule has 0 atom stereocenters. The molecule has 0 N–H and O–H groups in total. The molecule has 0 fully saturated rings. The number of halogens is 1. The number of carbonyl (C=O) groups is 1. The molecule has 3 aromatic rings. The highest BCUT2D eigenvalue weighted by atomic mass is 35.5. The molecule has 23 heavy (non-hydrogen) atoms. The number of hydrogen-bond donors (Lipinski definition) is 0. The van der Waals surface area contributed by atoms with Crippen molar-refractivity contribution in [3.05, 3.63) is 57.6 Å². The number of nitrogens with zero attached hydrogens (tertiary/aromatic N) is 3. The maximum atomic E-state index is 12.2. The summed E-state index contributed by atoms with van der Waals surface area (Å²) in [7, 11) is 1.72. The van der Waals surface area contributed by atoms with E-state index in [1.54, 1.807) is 35.4 Å². The normalized spacial score (nSPS) is 10.7. The summed E-state index contributed by atoms with van der Waals surface area (Å²) in [6, 6.07) is 11.1. The van der Waals surface area contributed by atoms with Gasteiger partial charge in [0.1, 0.15) is 0 Å². The Morgan fingerprint density at radius 2 is 2.09 bits per heavy atom. The molecule has 0 unspecified atom stereocenters. The van der Waals surface area contributed by atoms with Crippen LogP contribution in [0.3, 0.4) is 0 Å². The van der Waals surface area contributed by atoms with Crippen molar-refractivity contribution >= 4 is 28.8 Å². The standard InChI is InChI=1S/C16H14ClN3O2S/c1-20(15(21)9-13-3-2-8-23-13)10-14-18-16(19-22-14)11-4-6-12(17)7-5-11/h2-8H,9-10H2,1H3. The Bertz CT molecular complexity index is 784. The molecule has 0 saturated carbocycles. The molecule has 7 heteroatoms. The number of aromatic nitrogens is 2. The van der Waals surface area contributed by atoms with E-state index in [0.717, 1.165) is 10.4 Å². The molecular formula is C16H14ClN3O2S. The molecule has 0 aliphatic rings. The summed E-state index contributed by atoms with van der Waals surface area (Å²) >= 11 is 7.43. The highest BCUT2D eigenvalue weighted by Crippen LogP contribution is 2.19. The van der Waals surface area contributed by atoms with Gasteiger partial charge in [-0.2, -0.15) is 4.98 Å². The second-order valence-corrected chi connectivity index (χ2v) is 6.49. The van der Waals surface area contributed by atoms with E-state index in [1.807, 2.05) is 29.6 Å². The number of likely N-dealkylation sites (N-methyl/N-ethyl adjacent to an activating group) is 1. The van der Waals surface area contributed by atoms with E-state index in [0.29, 0.717) is 23.2 Å². The van der Waals surface area contributed by atoms with Crippen LogP contribution in [0.5, 0.6) is 0 Å². The van der Waals surface area contributed by atoms with Crippen LogP contribution in [0.2, 0.25) is 5.02 Å². The summed E-state index contributed by atoms with van der Waals surface area (Å²) in [5.74, 6) is 0.895. The molecule has 2 aromatic heterocycles. The SMILES string of the molecule is CN(Cc1nc(-c2ccc(Cl)cc2)no1)C(=O)Cc1cccs1. The fourth-order valence-electron chi connectivity index (χ4n) is 2.02. The van der Waals surface area contributed by atoms with Crippen LogP contribution in [-0.4, -0.2) is 28.0 Å². The zero-order valence-corrected chi connectivity index (χ0v) is 14.0. The molecule has 2 heterocycles. The third kappa shape index (κ3) is 3.97. The Labute approximate surface area is 142 Å². The smallest absolute Gasteiger partial charge is 0.246 e. The Kier molecular flexibility index (Phi) is 4.73. The number of amides is 1. The van der Waals surface area contributed by atoms with Crippen LogP contribution in [0.1, 0.15) is 10.8 Å². The van der Waals surface area contributed by atoms with Crippen molar-refractivity contribution in [1.29, 1.82) is 0 Å². The van der Waals surface area contributed by atoms with E-state index in [9.17, 15) is 4.79 Å². The lowest BCUT2D eigenvalue weighted by molar-refractivity contribution is -0.129. The maximum absolute atomic E-state index is 12.2. The molecule has 118 valence electrons. The number of thiophene rings is 1. The average molecular weight is 348 g/mol. The van der Waals surface area contributed by atoms with Gasteiger partial charge in [0, 0.05) is 22.5 Å². The summed E-state index contributed by atoms with van der Waals surface area (Å²) in [5.41, 5.74) is 0.817. The van der Waals surface area contributed by atoms with Crippen molar-refractivity contribution in [2.24, 2.45) is 0 Å². The van der Waals surface area contributed by atoms with Gasteiger partial charge in [-0.05, 0) is 35.7 Å². The van der Waals surface area contributed by atoms with E-state index < -0.39 is 0 Å². The fourth-order valence-corrected chi connectivity index (χ4v) is 2.85. The van der Waals surface area contributed by atoms with Gasteiger partial charge >= 0.3 is 0 Å². The molecule has 0 radical (unpaired) electrons. The first-order valence-corrected chi connectivity index (χ1v) is 8.22. The third-order valence-corrected chi connectivity index (χ3v) is 4.40. The molecule has 0 spiro atoms. The van der Waals surface area contributed by atoms with Gasteiger partial charge in [0.2, 0.25) is 17.6 Å². The Morgan fingerprint density at radius 3 is 2.78 bits per heavy atom. The van der Waals surface area contributed by atoms with Gasteiger partial charge in [-0.3, -0.25) is 4.79 Å². The number of carbonyl (C=O) groups excluding carboxylic acids is 1. The van der Waals surface area contributed by atoms with Gasteiger partial charge in [-0.15, -0.1) is 11.3 Å². The third-order valence-electron chi connectivity index (χ3n) is 3.27. The highest BCUT2D eigenvalue weighted by molar-refractivity contribution is 7.10. The van der Waals surface area contributed by atoms with E-state index in [4.69, 9.17) is 16.1 Å². The molecular weight excluding hydrogens is 334 g/mol. The van der Waals surface area contributed by atoms with Crippen molar-refractivity contribution < 1.29 is 9.32 Å². The molecule has 0 aliphatic carbocycles. The fraction of sp³-hybridized carbons (Fsp3) is 0.188. The largest absolute Gasteiger partial charge is 0.337 e. The summed E-state index contributed by atoms with van der Waals surface area (Å²) < 4.78 is 5.22. The molecule has 0 saturated heterocycles. The van der Waals surface area contributed by atoms with Gasteiger partial charge in [0.05, 0.1) is 13.0 Å². The Balaban J connectivity index is 1.64. The van der Waals surface area contributed by atoms with Crippen LogP contribution >= 0.6 is 22.9 Å². The topological polar surface area (TPSA) is 59.2 Å². The first kappa shape index (κ1) is 15.7. The van der Waals surface area contributed by atoms with Gasteiger partial charge < -0.3 is 9.42 Å². The second-order valence-electron chi connectivity index (χ2n) is 5.02. The van der Waals surface area contributed by atoms with Crippen molar-refractivity contribution in [2.75, 3.05) is 7.05 Å². The first-order valence-electron chi connectivity index (χ1n) is 6.96. The quantitative estimate of drug-likeness (QED) is 0.706. The van der Waals surface area contributed by atoms with Crippen molar-refractivity contribution in [1.82, 2.24) is 15.0 Å². The van der Waals surface area contributed by atoms with Gasteiger partial charge in [0.15, 0.2) is 0 Å². The zero-order valence-electron chi connectivity index (χ0n) is 12.4. The van der Waals surface area contributed by atoms with Crippen LogP contribution < -0.4 is 0 Å². The summed E-state index contributed by atoms with van der Waals surface area (Å²) in [4.78, 5) is 19.1. The summed E-state index contributed by atoms with van der Waals surface area (Å²) in [5, 5.41) is 6.55. The predicted molar refractivity (Wildman–Crippen MR) is 89.2 cm³/mol. The van der Waals surface area contributed by atoms with Crippen LogP contribution in [-0.2, 0) is 17.8 Å². The Hall–Kier alpha value is -2.18. The molecule has 0 bridgehead atoms. The van der Waals surface area contributed by atoms with E-state index in [-0.39, 0.29) is 12.5 Å². The van der Waals surface area contributed by atoms with Crippen LogP contribution in [0.25, 0.3) is 11.4 Å². The van der Waals surface area contributed by atoms with Crippen LogP contribution in [0, 0.1) is 0 Å². The number of benzene rings is 1. The molecule has 5 nitrogen and oxygen atoms in total. The number of rotatable bonds is 5. The zero-order chi connectivity index (χ0) is 16.2. The van der Waals surface area contributed by atoms with E-state index in [1.165, 1.54) is 0 Å². The van der Waals surface area contributed by atoms with Crippen molar-refractivity contribution in [2.45, 2.75) is 13.0 Å². The minimum Gasteiger partial charge on any atom is -0.337 e. The van der Waals surface area contributed by atoms with Crippen molar-refractivity contribution in [3.63, 3.8) is 0 Å². The lowest BCUT2D eigenvalue weighted by Crippen LogP contribution is -2.27. The second kappa shape index (κ2) is 6.93. The molecule has 1 aromatic carbocycles. The number of hydrogen-bond acceptors (Lipinski definition) is 5. The van der Waals surface area contributed by atoms with Gasteiger partial charge in [0.25, 0.3) is 0 Å². The monoisotopic (exact) mass is 347 g/mol. The average Bonchev–Trinajstić information content (AvgIpc) is 3.20. The molecule has 1 amide bonds. The minimum absolute atomic E-state index is 0.0127. The highest BCUT2D eigenvalue weighted by Gasteiger charge is 2.15. The lowest BCUT2D eigenvalue weighted by atomic mass is 10.2.